The van der Waals surface area contributed by atoms with Crippen LogP contribution in [0, 0.1) is 0 Å². The van der Waals surface area contributed by atoms with E-state index in [-0.39, 0.29) is 24.4 Å². The number of hydrogen-bond donors (Lipinski definition) is 2. The minimum absolute atomic E-state index is 0.0117. The van der Waals surface area contributed by atoms with Gasteiger partial charge in [-0.05, 0) is 38.1 Å². The van der Waals surface area contributed by atoms with Gasteiger partial charge in [-0.1, -0.05) is 0 Å². The molecule has 0 aliphatic carbocycles. The van der Waals surface area contributed by atoms with Crippen LogP contribution in [0.2, 0.25) is 0 Å². The van der Waals surface area contributed by atoms with Crippen LogP contribution in [0.1, 0.15) is 13.8 Å². The standard InChI is InChI=1S/C17H28N4O4S/c1-14(2)19-17(22)18-8-13-26(23,24)21-11-9-20(10-12-21)15-4-6-16(25-3)7-5-15/h4-7,14H,8-13H2,1-3H3,(H2,18,19,22). The van der Waals surface area contributed by atoms with Crippen LogP contribution in [0.4, 0.5) is 10.5 Å². The van der Waals surface area contributed by atoms with E-state index >= 15 is 0 Å². The highest BCUT2D eigenvalue weighted by Crippen LogP contribution is 2.21. The first-order chi connectivity index (χ1) is 12.3. The van der Waals surface area contributed by atoms with E-state index in [1.54, 1.807) is 7.11 Å². The summed E-state index contributed by atoms with van der Waals surface area (Å²) in [4.78, 5) is 13.7. The molecule has 1 aliphatic heterocycles. The molecule has 0 spiro atoms. The van der Waals surface area contributed by atoms with Crippen LogP contribution in [0.25, 0.3) is 0 Å². The zero-order valence-electron chi connectivity index (χ0n) is 15.6. The first-order valence-corrected chi connectivity index (χ1v) is 10.3. The lowest BCUT2D eigenvalue weighted by Crippen LogP contribution is -2.50. The number of carbonyl (C=O) groups excluding carboxylic acids is 1. The second-order valence-corrected chi connectivity index (χ2v) is 8.54. The molecule has 2 N–H and O–H groups in total. The lowest BCUT2D eigenvalue weighted by Gasteiger charge is -2.35. The van der Waals surface area contributed by atoms with E-state index in [9.17, 15) is 13.2 Å². The molecule has 0 saturated carbocycles. The van der Waals surface area contributed by atoms with Crippen LogP contribution in [0.5, 0.6) is 5.75 Å². The molecule has 1 aromatic carbocycles. The molecule has 0 atom stereocenters. The van der Waals surface area contributed by atoms with E-state index in [0.717, 1.165) is 11.4 Å². The molecule has 1 aromatic rings. The third kappa shape index (κ3) is 5.77. The Morgan fingerprint density at radius 1 is 1.15 bits per heavy atom. The van der Waals surface area contributed by atoms with Crippen molar-refractivity contribution in [1.82, 2.24) is 14.9 Å². The lowest BCUT2D eigenvalue weighted by molar-refractivity contribution is 0.239. The molecular formula is C17H28N4O4S. The molecule has 146 valence electrons. The fourth-order valence-corrected chi connectivity index (χ4v) is 4.09. The van der Waals surface area contributed by atoms with E-state index in [2.05, 4.69) is 15.5 Å². The summed E-state index contributed by atoms with van der Waals surface area (Å²) in [5.41, 5.74) is 1.05. The van der Waals surface area contributed by atoms with Gasteiger partial charge in [-0.15, -0.1) is 0 Å². The molecule has 0 aromatic heterocycles. The summed E-state index contributed by atoms with van der Waals surface area (Å²) in [6.07, 6.45) is 0. The Hall–Kier alpha value is -2.00. The number of nitrogens with zero attached hydrogens (tertiary/aromatic N) is 2. The highest BCUT2D eigenvalue weighted by molar-refractivity contribution is 7.89. The number of sulfonamides is 1. The Morgan fingerprint density at radius 2 is 1.77 bits per heavy atom. The maximum Gasteiger partial charge on any atom is 0.315 e. The zero-order valence-corrected chi connectivity index (χ0v) is 16.4. The van der Waals surface area contributed by atoms with Gasteiger partial charge in [-0.25, -0.2) is 13.2 Å². The minimum Gasteiger partial charge on any atom is -0.497 e. The number of piperazine rings is 1. The number of anilines is 1. The second-order valence-electron chi connectivity index (χ2n) is 6.46. The van der Waals surface area contributed by atoms with Crippen molar-refractivity contribution in [1.29, 1.82) is 0 Å². The number of hydrogen-bond acceptors (Lipinski definition) is 5. The van der Waals surface area contributed by atoms with Gasteiger partial charge in [0.25, 0.3) is 0 Å². The molecule has 1 fully saturated rings. The zero-order chi connectivity index (χ0) is 19.2. The maximum absolute atomic E-state index is 12.4. The quantitative estimate of drug-likeness (QED) is 0.727. The summed E-state index contributed by atoms with van der Waals surface area (Å²) < 4.78 is 31.5. The number of nitrogens with one attached hydrogen (secondary N) is 2. The maximum atomic E-state index is 12.4. The molecule has 2 rings (SSSR count). The van der Waals surface area contributed by atoms with E-state index < -0.39 is 10.0 Å². The minimum atomic E-state index is -3.38. The predicted octanol–water partition coefficient (Wildman–Crippen LogP) is 0.855. The topological polar surface area (TPSA) is 91.0 Å². The normalized spacial score (nSPS) is 15.8. The highest BCUT2D eigenvalue weighted by Gasteiger charge is 2.26. The number of benzene rings is 1. The van der Waals surface area contributed by atoms with Gasteiger partial charge in [-0.3, -0.25) is 0 Å². The third-order valence-corrected chi connectivity index (χ3v) is 6.01. The van der Waals surface area contributed by atoms with Gasteiger partial charge in [0.2, 0.25) is 10.0 Å². The number of amides is 2. The second kappa shape index (κ2) is 9.09. The number of rotatable bonds is 7. The van der Waals surface area contributed by atoms with Gasteiger partial charge in [-0.2, -0.15) is 4.31 Å². The van der Waals surface area contributed by atoms with Crippen molar-refractivity contribution in [3.8, 4) is 5.75 Å². The molecule has 8 nitrogen and oxygen atoms in total. The lowest BCUT2D eigenvalue weighted by atomic mass is 10.2. The van der Waals surface area contributed by atoms with Gasteiger partial charge >= 0.3 is 6.03 Å². The summed E-state index contributed by atoms with van der Waals surface area (Å²) >= 11 is 0. The van der Waals surface area contributed by atoms with Crippen LogP contribution < -0.4 is 20.3 Å². The molecule has 1 aliphatic rings. The fourth-order valence-electron chi connectivity index (χ4n) is 2.75. The Kier molecular flexibility index (Phi) is 7.10. The van der Waals surface area contributed by atoms with E-state index in [1.807, 2.05) is 38.1 Å². The summed E-state index contributed by atoms with van der Waals surface area (Å²) in [5, 5.41) is 5.24. The Morgan fingerprint density at radius 3 is 2.31 bits per heavy atom. The van der Waals surface area contributed by atoms with Gasteiger partial charge < -0.3 is 20.3 Å². The number of carbonyl (C=O) groups is 1. The van der Waals surface area contributed by atoms with Crippen molar-refractivity contribution in [2.45, 2.75) is 19.9 Å². The van der Waals surface area contributed by atoms with Gasteiger partial charge in [0.05, 0.1) is 12.9 Å². The largest absolute Gasteiger partial charge is 0.497 e. The van der Waals surface area contributed by atoms with Crippen LogP contribution in [0.15, 0.2) is 24.3 Å². The van der Waals surface area contributed by atoms with Crippen molar-refractivity contribution in [3.05, 3.63) is 24.3 Å². The summed E-state index contributed by atoms with van der Waals surface area (Å²) in [6.45, 7) is 5.93. The Balaban J connectivity index is 1.80. The molecule has 26 heavy (non-hydrogen) atoms. The first-order valence-electron chi connectivity index (χ1n) is 8.73. The fraction of sp³-hybridized carbons (Fsp3) is 0.588. The predicted molar refractivity (Wildman–Crippen MR) is 102 cm³/mol. The van der Waals surface area contributed by atoms with E-state index in [0.29, 0.717) is 26.2 Å². The van der Waals surface area contributed by atoms with Gasteiger partial charge in [0, 0.05) is 44.5 Å². The van der Waals surface area contributed by atoms with Crippen molar-refractivity contribution >= 4 is 21.7 Å². The van der Waals surface area contributed by atoms with Crippen LogP contribution in [-0.2, 0) is 10.0 Å². The Labute approximate surface area is 155 Å². The van der Waals surface area contributed by atoms with Crippen molar-refractivity contribution in [2.75, 3.05) is 50.5 Å². The SMILES string of the molecule is COc1ccc(N2CCN(S(=O)(=O)CCNC(=O)NC(C)C)CC2)cc1. The molecule has 9 heteroatoms. The summed E-state index contributed by atoms with van der Waals surface area (Å²) in [5.74, 6) is 0.699. The average molecular weight is 385 g/mol. The highest BCUT2D eigenvalue weighted by atomic mass is 32.2. The number of urea groups is 1. The van der Waals surface area contributed by atoms with Crippen molar-refractivity contribution in [2.24, 2.45) is 0 Å². The molecule has 0 unspecified atom stereocenters. The molecule has 2 amide bonds. The smallest absolute Gasteiger partial charge is 0.315 e. The van der Waals surface area contributed by atoms with Gasteiger partial charge in [0.1, 0.15) is 5.75 Å². The Bertz CT molecular complexity index is 683. The van der Waals surface area contributed by atoms with Crippen LogP contribution in [0.3, 0.4) is 0 Å². The van der Waals surface area contributed by atoms with Crippen molar-refractivity contribution < 1.29 is 17.9 Å². The van der Waals surface area contributed by atoms with E-state index in [1.165, 1.54) is 4.31 Å². The number of ether oxygens (including phenoxy) is 1. The van der Waals surface area contributed by atoms with Crippen LogP contribution >= 0.6 is 0 Å². The van der Waals surface area contributed by atoms with Crippen LogP contribution in [-0.4, -0.2) is 70.4 Å². The van der Waals surface area contributed by atoms with Crippen molar-refractivity contribution in [3.63, 3.8) is 0 Å². The molecule has 1 heterocycles. The van der Waals surface area contributed by atoms with Gasteiger partial charge in [0.15, 0.2) is 0 Å². The third-order valence-electron chi connectivity index (χ3n) is 4.13. The average Bonchev–Trinajstić information content (AvgIpc) is 2.61. The molecule has 0 bridgehead atoms. The number of methoxy groups -OCH3 is 1. The molecule has 1 saturated heterocycles. The monoisotopic (exact) mass is 384 g/mol. The first kappa shape index (κ1) is 20.3. The summed E-state index contributed by atoms with van der Waals surface area (Å²) in [7, 11) is -1.75. The molecule has 0 radical (unpaired) electrons. The van der Waals surface area contributed by atoms with E-state index in [4.69, 9.17) is 4.74 Å². The summed E-state index contributed by atoms with van der Waals surface area (Å²) in [6, 6.07) is 7.40. The molecular weight excluding hydrogens is 356 g/mol.